The molecule has 0 atom stereocenters. The van der Waals surface area contributed by atoms with Crippen LogP contribution < -0.4 is 4.90 Å². The van der Waals surface area contributed by atoms with Gasteiger partial charge in [0.1, 0.15) is 6.29 Å². The van der Waals surface area contributed by atoms with E-state index in [-0.39, 0.29) is 5.79 Å². The van der Waals surface area contributed by atoms with Crippen LogP contribution in [0.4, 0.5) is 5.69 Å². The van der Waals surface area contributed by atoms with Crippen LogP contribution in [-0.4, -0.2) is 38.4 Å². The maximum Gasteiger partial charge on any atom is 0.171 e. The van der Waals surface area contributed by atoms with Crippen LogP contribution in [0.1, 0.15) is 34.3 Å². The molecular formula is C16H21NO3. The van der Waals surface area contributed by atoms with Gasteiger partial charge in [-0.2, -0.15) is 0 Å². The molecule has 0 amide bonds. The van der Waals surface area contributed by atoms with Crippen molar-refractivity contribution in [3.8, 4) is 0 Å². The van der Waals surface area contributed by atoms with Crippen molar-refractivity contribution in [3.63, 3.8) is 0 Å². The molecular weight excluding hydrogens is 254 g/mol. The van der Waals surface area contributed by atoms with Crippen LogP contribution in [0.15, 0.2) is 12.1 Å². The molecule has 3 rings (SSSR count). The molecule has 2 fully saturated rings. The number of benzene rings is 1. The van der Waals surface area contributed by atoms with E-state index in [0.717, 1.165) is 43.3 Å². The summed E-state index contributed by atoms with van der Waals surface area (Å²) < 4.78 is 11.5. The normalized spacial score (nSPS) is 21.4. The number of hydrogen-bond donors (Lipinski definition) is 0. The Labute approximate surface area is 119 Å². The smallest absolute Gasteiger partial charge is 0.171 e. The second kappa shape index (κ2) is 5.19. The molecule has 108 valence electrons. The first-order valence-electron chi connectivity index (χ1n) is 7.23. The molecule has 2 heterocycles. The highest BCUT2D eigenvalue weighted by Gasteiger charge is 2.40. The number of carbonyl (C=O) groups is 1. The Kier molecular flexibility index (Phi) is 3.52. The van der Waals surface area contributed by atoms with Gasteiger partial charge in [-0.05, 0) is 25.0 Å². The summed E-state index contributed by atoms with van der Waals surface area (Å²) in [6.07, 6.45) is 2.71. The van der Waals surface area contributed by atoms with Crippen LogP contribution in [0.2, 0.25) is 0 Å². The highest BCUT2D eigenvalue weighted by molar-refractivity contribution is 5.82. The molecule has 0 N–H and O–H groups in total. The van der Waals surface area contributed by atoms with E-state index in [9.17, 15) is 4.79 Å². The van der Waals surface area contributed by atoms with Crippen molar-refractivity contribution in [1.29, 1.82) is 0 Å². The number of carbonyl (C=O) groups excluding carboxylic acids is 1. The molecule has 1 spiro atoms. The first-order chi connectivity index (χ1) is 9.65. The third-order valence-corrected chi connectivity index (χ3v) is 4.46. The van der Waals surface area contributed by atoms with Crippen molar-refractivity contribution in [3.05, 3.63) is 28.8 Å². The number of ether oxygens (including phenoxy) is 2. The molecule has 0 saturated carbocycles. The zero-order valence-electron chi connectivity index (χ0n) is 12.1. The molecule has 1 aromatic carbocycles. The van der Waals surface area contributed by atoms with Gasteiger partial charge in [-0.3, -0.25) is 4.79 Å². The Balaban J connectivity index is 1.83. The number of aldehydes is 1. The van der Waals surface area contributed by atoms with E-state index < -0.39 is 0 Å². The van der Waals surface area contributed by atoms with Gasteiger partial charge in [0, 0.05) is 37.2 Å². The van der Waals surface area contributed by atoms with Gasteiger partial charge in [-0.25, -0.2) is 0 Å². The Bertz CT molecular complexity index is 511. The zero-order chi connectivity index (χ0) is 14.2. The molecule has 2 aliphatic rings. The van der Waals surface area contributed by atoms with E-state index in [0.29, 0.717) is 13.2 Å². The first-order valence-corrected chi connectivity index (χ1v) is 7.23. The SMILES string of the molecule is Cc1ccc(C=O)c(C)c1N1CCC2(CC1)OCCO2. The largest absolute Gasteiger partial charge is 0.371 e. The predicted octanol–water partition coefficient (Wildman–Crippen LogP) is 2.46. The fourth-order valence-corrected chi connectivity index (χ4v) is 3.32. The van der Waals surface area contributed by atoms with Gasteiger partial charge in [0.25, 0.3) is 0 Å². The molecule has 4 nitrogen and oxygen atoms in total. The zero-order valence-corrected chi connectivity index (χ0v) is 12.1. The minimum atomic E-state index is -0.347. The standard InChI is InChI=1S/C16H21NO3/c1-12-3-4-14(11-18)13(2)15(12)17-7-5-16(6-8-17)19-9-10-20-16/h3-4,11H,5-10H2,1-2H3. The van der Waals surface area contributed by atoms with Crippen LogP contribution in [0.25, 0.3) is 0 Å². The number of hydrogen-bond acceptors (Lipinski definition) is 4. The van der Waals surface area contributed by atoms with Gasteiger partial charge < -0.3 is 14.4 Å². The molecule has 2 aliphatic heterocycles. The summed E-state index contributed by atoms with van der Waals surface area (Å²) in [4.78, 5) is 13.5. The minimum Gasteiger partial charge on any atom is -0.371 e. The van der Waals surface area contributed by atoms with Crippen molar-refractivity contribution in [2.24, 2.45) is 0 Å². The van der Waals surface area contributed by atoms with Crippen molar-refractivity contribution in [2.75, 3.05) is 31.2 Å². The summed E-state index contributed by atoms with van der Waals surface area (Å²) >= 11 is 0. The average molecular weight is 275 g/mol. The topological polar surface area (TPSA) is 38.8 Å². The number of nitrogens with zero attached hydrogens (tertiary/aromatic N) is 1. The van der Waals surface area contributed by atoms with Crippen LogP contribution in [-0.2, 0) is 9.47 Å². The van der Waals surface area contributed by atoms with E-state index in [1.165, 1.54) is 11.3 Å². The third-order valence-electron chi connectivity index (χ3n) is 4.46. The maximum absolute atomic E-state index is 11.1. The Morgan fingerprint density at radius 1 is 1.15 bits per heavy atom. The lowest BCUT2D eigenvalue weighted by molar-refractivity contribution is -0.169. The molecule has 0 aromatic heterocycles. The van der Waals surface area contributed by atoms with E-state index >= 15 is 0 Å². The number of anilines is 1. The predicted molar refractivity (Wildman–Crippen MR) is 77.4 cm³/mol. The molecule has 2 saturated heterocycles. The van der Waals surface area contributed by atoms with Crippen molar-refractivity contribution >= 4 is 12.0 Å². The first kappa shape index (κ1) is 13.6. The van der Waals surface area contributed by atoms with Gasteiger partial charge in [0.05, 0.1) is 13.2 Å². The number of rotatable bonds is 2. The van der Waals surface area contributed by atoms with E-state index in [1.807, 2.05) is 19.1 Å². The minimum absolute atomic E-state index is 0.347. The van der Waals surface area contributed by atoms with Crippen molar-refractivity contribution in [1.82, 2.24) is 0 Å². The van der Waals surface area contributed by atoms with Crippen LogP contribution in [0.5, 0.6) is 0 Å². The van der Waals surface area contributed by atoms with Gasteiger partial charge in [-0.15, -0.1) is 0 Å². The quantitative estimate of drug-likeness (QED) is 0.777. The molecule has 0 aliphatic carbocycles. The Morgan fingerprint density at radius 2 is 1.80 bits per heavy atom. The summed E-state index contributed by atoms with van der Waals surface area (Å²) in [5.41, 5.74) is 4.27. The second-order valence-corrected chi connectivity index (χ2v) is 5.66. The van der Waals surface area contributed by atoms with E-state index in [2.05, 4.69) is 11.8 Å². The number of aryl methyl sites for hydroxylation is 1. The van der Waals surface area contributed by atoms with Crippen LogP contribution in [0.3, 0.4) is 0 Å². The van der Waals surface area contributed by atoms with Gasteiger partial charge in [-0.1, -0.05) is 12.1 Å². The van der Waals surface area contributed by atoms with Gasteiger partial charge in [0.2, 0.25) is 0 Å². The van der Waals surface area contributed by atoms with Crippen LogP contribution >= 0.6 is 0 Å². The van der Waals surface area contributed by atoms with Crippen molar-refractivity contribution < 1.29 is 14.3 Å². The molecule has 0 bridgehead atoms. The van der Waals surface area contributed by atoms with E-state index in [4.69, 9.17) is 9.47 Å². The number of piperidine rings is 1. The fraction of sp³-hybridized carbons (Fsp3) is 0.562. The summed E-state index contributed by atoms with van der Waals surface area (Å²) in [5.74, 6) is -0.347. The Hall–Kier alpha value is -1.39. The molecule has 0 unspecified atom stereocenters. The van der Waals surface area contributed by atoms with Crippen molar-refractivity contribution in [2.45, 2.75) is 32.5 Å². The lowest BCUT2D eigenvalue weighted by atomic mass is 9.98. The summed E-state index contributed by atoms with van der Waals surface area (Å²) in [6.45, 7) is 7.36. The highest BCUT2D eigenvalue weighted by atomic mass is 16.7. The lowest BCUT2D eigenvalue weighted by Gasteiger charge is -2.40. The van der Waals surface area contributed by atoms with Crippen LogP contribution in [0, 0.1) is 13.8 Å². The maximum atomic E-state index is 11.1. The summed E-state index contributed by atoms with van der Waals surface area (Å²) in [7, 11) is 0. The Morgan fingerprint density at radius 3 is 2.40 bits per heavy atom. The third kappa shape index (κ3) is 2.23. The monoisotopic (exact) mass is 275 g/mol. The highest BCUT2D eigenvalue weighted by Crippen LogP contribution is 2.35. The molecule has 4 heteroatoms. The fourth-order valence-electron chi connectivity index (χ4n) is 3.32. The summed E-state index contributed by atoms with van der Waals surface area (Å²) in [5, 5.41) is 0. The molecule has 0 radical (unpaired) electrons. The lowest BCUT2D eigenvalue weighted by Crippen LogP contribution is -2.45. The van der Waals surface area contributed by atoms with Gasteiger partial charge >= 0.3 is 0 Å². The summed E-state index contributed by atoms with van der Waals surface area (Å²) in [6, 6.07) is 3.93. The van der Waals surface area contributed by atoms with Gasteiger partial charge in [0.15, 0.2) is 5.79 Å². The van der Waals surface area contributed by atoms with E-state index in [1.54, 1.807) is 0 Å². The average Bonchev–Trinajstić information content (AvgIpc) is 2.90. The molecule has 1 aromatic rings. The second-order valence-electron chi connectivity index (χ2n) is 5.66. The molecule has 20 heavy (non-hydrogen) atoms.